The number of carboxylic acids is 1. The summed E-state index contributed by atoms with van der Waals surface area (Å²) in [4.78, 5) is 24.9. The molecule has 0 atom stereocenters. The topological polar surface area (TPSA) is 69.6 Å². The monoisotopic (exact) mass is 270 g/mol. The molecule has 0 aliphatic carbocycles. The first-order chi connectivity index (χ1) is 8.61. The highest BCUT2D eigenvalue weighted by atomic mass is 32.1. The van der Waals surface area contributed by atoms with Crippen molar-refractivity contribution in [3.05, 3.63) is 22.4 Å². The number of hydrogen-bond acceptors (Lipinski definition) is 4. The summed E-state index contributed by atoms with van der Waals surface area (Å²) in [6, 6.07) is 4.01. The summed E-state index contributed by atoms with van der Waals surface area (Å²) < 4.78 is 0. The molecular weight excluding hydrogens is 252 g/mol. The van der Waals surface area contributed by atoms with E-state index in [1.54, 1.807) is 16.2 Å². The van der Waals surface area contributed by atoms with E-state index in [0.29, 0.717) is 13.1 Å². The number of likely N-dealkylation sites (N-methyl/N-ethyl adjacent to an activating group) is 1. The van der Waals surface area contributed by atoms with Crippen LogP contribution in [-0.2, 0) is 16.0 Å². The van der Waals surface area contributed by atoms with Crippen molar-refractivity contribution in [3.8, 4) is 0 Å². The average molecular weight is 270 g/mol. The molecule has 18 heavy (non-hydrogen) atoms. The maximum absolute atomic E-state index is 11.6. The zero-order valence-corrected chi connectivity index (χ0v) is 11.2. The molecule has 0 unspecified atom stereocenters. The van der Waals surface area contributed by atoms with Gasteiger partial charge in [0.05, 0.1) is 13.1 Å². The van der Waals surface area contributed by atoms with Crippen LogP contribution in [0.4, 0.5) is 0 Å². The molecule has 0 spiro atoms. The second kappa shape index (κ2) is 7.84. The van der Waals surface area contributed by atoms with E-state index in [1.165, 1.54) is 4.88 Å². The van der Waals surface area contributed by atoms with Crippen molar-refractivity contribution in [2.75, 3.05) is 26.2 Å². The third-order valence-electron chi connectivity index (χ3n) is 2.45. The van der Waals surface area contributed by atoms with Crippen molar-refractivity contribution in [2.45, 2.75) is 13.3 Å². The van der Waals surface area contributed by atoms with Gasteiger partial charge in [0.2, 0.25) is 5.91 Å². The molecule has 2 N–H and O–H groups in total. The Labute approximate surface area is 110 Å². The number of rotatable bonds is 8. The lowest BCUT2D eigenvalue weighted by Crippen LogP contribution is -2.40. The highest BCUT2D eigenvalue weighted by molar-refractivity contribution is 7.09. The first-order valence-corrected chi connectivity index (χ1v) is 6.73. The van der Waals surface area contributed by atoms with E-state index in [-0.39, 0.29) is 19.0 Å². The number of aliphatic carboxylic acids is 1. The molecule has 1 aromatic rings. The number of carboxylic acid groups (broad SMARTS) is 1. The first-order valence-electron chi connectivity index (χ1n) is 5.85. The molecule has 0 bridgehead atoms. The second-order valence-corrected chi connectivity index (χ2v) is 4.91. The van der Waals surface area contributed by atoms with Gasteiger partial charge in [-0.1, -0.05) is 13.0 Å². The third kappa shape index (κ3) is 5.79. The fourth-order valence-electron chi connectivity index (χ4n) is 1.51. The summed E-state index contributed by atoms with van der Waals surface area (Å²) in [5, 5.41) is 13.5. The first kappa shape index (κ1) is 14.7. The molecule has 1 heterocycles. The molecule has 1 aromatic heterocycles. The van der Waals surface area contributed by atoms with E-state index in [4.69, 9.17) is 5.11 Å². The Balaban J connectivity index is 2.21. The molecule has 0 saturated carbocycles. The number of nitrogens with zero attached hydrogens (tertiary/aromatic N) is 1. The number of carbonyl (C=O) groups excluding carboxylic acids is 1. The standard InChI is InChI=1S/C12H18N2O3S/c1-2-14(9-12(16)17)8-11(15)13-6-5-10-4-3-7-18-10/h3-4,7H,2,5-6,8-9H2,1H3,(H,13,15)(H,16,17). The van der Waals surface area contributed by atoms with Crippen molar-refractivity contribution in [1.29, 1.82) is 0 Å². The van der Waals surface area contributed by atoms with Gasteiger partial charge in [-0.15, -0.1) is 11.3 Å². The second-order valence-electron chi connectivity index (χ2n) is 3.88. The largest absolute Gasteiger partial charge is 0.480 e. The van der Waals surface area contributed by atoms with E-state index in [0.717, 1.165) is 6.42 Å². The zero-order valence-electron chi connectivity index (χ0n) is 10.4. The van der Waals surface area contributed by atoms with Gasteiger partial charge in [-0.05, 0) is 24.4 Å². The number of amides is 1. The summed E-state index contributed by atoms with van der Waals surface area (Å²) >= 11 is 1.66. The van der Waals surface area contributed by atoms with Gasteiger partial charge >= 0.3 is 5.97 Å². The minimum absolute atomic E-state index is 0.102. The summed E-state index contributed by atoms with van der Waals surface area (Å²) in [6.07, 6.45) is 0.814. The molecule has 0 saturated heterocycles. The number of thiophene rings is 1. The summed E-state index contributed by atoms with van der Waals surface area (Å²) in [6.45, 7) is 3.00. The van der Waals surface area contributed by atoms with Gasteiger partial charge in [-0.25, -0.2) is 0 Å². The minimum Gasteiger partial charge on any atom is -0.480 e. The maximum atomic E-state index is 11.6. The van der Waals surface area contributed by atoms with Crippen molar-refractivity contribution in [3.63, 3.8) is 0 Å². The van der Waals surface area contributed by atoms with Crippen molar-refractivity contribution in [1.82, 2.24) is 10.2 Å². The Bertz CT molecular complexity index is 379. The van der Waals surface area contributed by atoms with Crippen LogP contribution in [0.25, 0.3) is 0 Å². The summed E-state index contributed by atoms with van der Waals surface area (Å²) in [7, 11) is 0. The van der Waals surface area contributed by atoms with Gasteiger partial charge in [0, 0.05) is 11.4 Å². The lowest BCUT2D eigenvalue weighted by molar-refractivity contribution is -0.138. The van der Waals surface area contributed by atoms with Gasteiger partial charge in [0.1, 0.15) is 0 Å². The van der Waals surface area contributed by atoms with Gasteiger partial charge in [0.15, 0.2) is 0 Å². The normalized spacial score (nSPS) is 10.6. The Morgan fingerprint density at radius 1 is 1.44 bits per heavy atom. The summed E-state index contributed by atoms with van der Waals surface area (Å²) in [5.41, 5.74) is 0. The fourth-order valence-corrected chi connectivity index (χ4v) is 2.22. The Morgan fingerprint density at radius 3 is 2.78 bits per heavy atom. The van der Waals surface area contributed by atoms with Crippen LogP contribution in [0.3, 0.4) is 0 Å². The Morgan fingerprint density at radius 2 is 2.22 bits per heavy atom. The van der Waals surface area contributed by atoms with Crippen LogP contribution in [0.1, 0.15) is 11.8 Å². The number of hydrogen-bond donors (Lipinski definition) is 2. The molecule has 0 aromatic carbocycles. The molecule has 5 nitrogen and oxygen atoms in total. The molecule has 1 rings (SSSR count). The third-order valence-corrected chi connectivity index (χ3v) is 3.38. The van der Waals surface area contributed by atoms with E-state index < -0.39 is 5.97 Å². The van der Waals surface area contributed by atoms with Gasteiger partial charge in [-0.3, -0.25) is 14.5 Å². The predicted molar refractivity (Wildman–Crippen MR) is 70.8 cm³/mol. The smallest absolute Gasteiger partial charge is 0.317 e. The minimum atomic E-state index is -0.914. The molecular formula is C12H18N2O3S. The maximum Gasteiger partial charge on any atom is 0.317 e. The van der Waals surface area contributed by atoms with Crippen LogP contribution in [0, 0.1) is 0 Å². The molecule has 6 heteroatoms. The van der Waals surface area contributed by atoms with E-state index >= 15 is 0 Å². The van der Waals surface area contributed by atoms with Crippen LogP contribution < -0.4 is 5.32 Å². The number of nitrogens with one attached hydrogen (secondary N) is 1. The van der Waals surface area contributed by atoms with Crippen molar-refractivity contribution >= 4 is 23.2 Å². The Hall–Kier alpha value is -1.40. The molecule has 0 fully saturated rings. The van der Waals surface area contributed by atoms with E-state index in [2.05, 4.69) is 5.32 Å². The SMILES string of the molecule is CCN(CC(=O)O)CC(=O)NCCc1cccs1. The molecule has 1 amide bonds. The molecule has 0 radical (unpaired) electrons. The van der Waals surface area contributed by atoms with Gasteiger partial charge in [-0.2, -0.15) is 0 Å². The molecule has 0 aliphatic rings. The lowest BCUT2D eigenvalue weighted by Gasteiger charge is -2.17. The van der Waals surface area contributed by atoms with Crippen LogP contribution in [0.2, 0.25) is 0 Å². The predicted octanol–water partition coefficient (Wildman–Crippen LogP) is 0.813. The number of carbonyl (C=O) groups is 2. The van der Waals surface area contributed by atoms with Crippen LogP contribution in [0.5, 0.6) is 0 Å². The van der Waals surface area contributed by atoms with Gasteiger partial charge in [0.25, 0.3) is 0 Å². The summed E-state index contributed by atoms with van der Waals surface area (Å²) in [5.74, 6) is -1.04. The highest BCUT2D eigenvalue weighted by Crippen LogP contribution is 2.07. The average Bonchev–Trinajstić information content (AvgIpc) is 2.80. The van der Waals surface area contributed by atoms with E-state index in [1.807, 2.05) is 24.4 Å². The zero-order chi connectivity index (χ0) is 13.4. The fraction of sp³-hybridized carbons (Fsp3) is 0.500. The Kier molecular flexibility index (Phi) is 6.38. The van der Waals surface area contributed by atoms with Crippen LogP contribution >= 0.6 is 11.3 Å². The van der Waals surface area contributed by atoms with Crippen molar-refractivity contribution < 1.29 is 14.7 Å². The molecule has 0 aliphatic heterocycles. The quantitative estimate of drug-likeness (QED) is 0.733. The van der Waals surface area contributed by atoms with E-state index in [9.17, 15) is 9.59 Å². The van der Waals surface area contributed by atoms with Crippen LogP contribution in [0.15, 0.2) is 17.5 Å². The van der Waals surface area contributed by atoms with Gasteiger partial charge < -0.3 is 10.4 Å². The highest BCUT2D eigenvalue weighted by Gasteiger charge is 2.11. The van der Waals surface area contributed by atoms with Crippen molar-refractivity contribution in [2.24, 2.45) is 0 Å². The lowest BCUT2D eigenvalue weighted by atomic mass is 10.3. The van der Waals surface area contributed by atoms with Crippen LogP contribution in [-0.4, -0.2) is 48.1 Å². The molecule has 100 valence electrons.